The SMILES string of the molecule is CC(C)C(NC(=O)N1CCOc2ccccc2C1)C(=O)O. The van der Waals surface area contributed by atoms with Gasteiger partial charge in [0.05, 0.1) is 13.1 Å². The van der Waals surface area contributed by atoms with Crippen molar-refractivity contribution in [3.63, 3.8) is 0 Å². The second-order valence-corrected chi connectivity index (χ2v) is 5.39. The Kier molecular flexibility index (Phi) is 4.67. The summed E-state index contributed by atoms with van der Waals surface area (Å²) in [4.78, 5) is 25.0. The lowest BCUT2D eigenvalue weighted by Gasteiger charge is -2.24. The van der Waals surface area contributed by atoms with Gasteiger partial charge in [-0.2, -0.15) is 0 Å². The van der Waals surface area contributed by atoms with E-state index >= 15 is 0 Å². The number of hydrogen-bond donors (Lipinski definition) is 2. The lowest BCUT2D eigenvalue weighted by Crippen LogP contribution is -2.50. The van der Waals surface area contributed by atoms with Gasteiger partial charge in [-0.1, -0.05) is 32.0 Å². The summed E-state index contributed by atoms with van der Waals surface area (Å²) in [7, 11) is 0. The summed E-state index contributed by atoms with van der Waals surface area (Å²) in [5.74, 6) is -0.432. The zero-order chi connectivity index (χ0) is 15.4. The molecule has 0 radical (unpaired) electrons. The smallest absolute Gasteiger partial charge is 0.326 e. The number of nitrogens with one attached hydrogen (secondary N) is 1. The summed E-state index contributed by atoms with van der Waals surface area (Å²) < 4.78 is 5.59. The quantitative estimate of drug-likeness (QED) is 0.888. The number of aliphatic carboxylic acids is 1. The second-order valence-electron chi connectivity index (χ2n) is 5.39. The number of amides is 2. The zero-order valence-corrected chi connectivity index (χ0v) is 12.2. The first-order valence-electron chi connectivity index (χ1n) is 6.98. The van der Waals surface area contributed by atoms with E-state index in [1.54, 1.807) is 18.7 Å². The predicted octanol–water partition coefficient (Wildman–Crippen LogP) is 1.70. The van der Waals surface area contributed by atoms with Gasteiger partial charge in [0.25, 0.3) is 0 Å². The van der Waals surface area contributed by atoms with Gasteiger partial charge in [0, 0.05) is 5.56 Å². The molecular weight excluding hydrogens is 272 g/mol. The molecule has 2 rings (SSSR count). The average Bonchev–Trinajstić information content (AvgIpc) is 2.65. The van der Waals surface area contributed by atoms with E-state index in [0.29, 0.717) is 19.7 Å². The van der Waals surface area contributed by atoms with Crippen molar-refractivity contribution in [1.29, 1.82) is 0 Å². The van der Waals surface area contributed by atoms with E-state index in [4.69, 9.17) is 9.84 Å². The van der Waals surface area contributed by atoms with Crippen molar-refractivity contribution < 1.29 is 19.4 Å². The molecule has 0 saturated heterocycles. The molecule has 0 spiro atoms. The van der Waals surface area contributed by atoms with Gasteiger partial charge < -0.3 is 20.1 Å². The average molecular weight is 292 g/mol. The van der Waals surface area contributed by atoms with Crippen molar-refractivity contribution >= 4 is 12.0 Å². The molecule has 1 aromatic carbocycles. The normalized spacial score (nSPS) is 15.7. The first-order valence-corrected chi connectivity index (χ1v) is 6.98. The highest BCUT2D eigenvalue weighted by atomic mass is 16.5. The van der Waals surface area contributed by atoms with Crippen molar-refractivity contribution in [2.24, 2.45) is 5.92 Å². The number of urea groups is 1. The third-order valence-electron chi connectivity index (χ3n) is 3.45. The number of carbonyl (C=O) groups is 2. The predicted molar refractivity (Wildman–Crippen MR) is 77.1 cm³/mol. The van der Waals surface area contributed by atoms with Crippen LogP contribution in [0, 0.1) is 5.92 Å². The highest BCUT2D eigenvalue weighted by molar-refractivity contribution is 5.82. The number of carboxylic acid groups (broad SMARTS) is 1. The zero-order valence-electron chi connectivity index (χ0n) is 12.2. The number of carbonyl (C=O) groups excluding carboxylic acids is 1. The van der Waals surface area contributed by atoms with E-state index in [1.807, 2.05) is 24.3 Å². The number of hydrogen-bond acceptors (Lipinski definition) is 3. The van der Waals surface area contributed by atoms with Crippen molar-refractivity contribution in [3.05, 3.63) is 29.8 Å². The van der Waals surface area contributed by atoms with Gasteiger partial charge in [0.1, 0.15) is 18.4 Å². The summed E-state index contributed by atoms with van der Waals surface area (Å²) in [6.07, 6.45) is 0. The van der Waals surface area contributed by atoms with Crippen LogP contribution in [0.25, 0.3) is 0 Å². The number of carboxylic acids is 1. The molecule has 6 heteroatoms. The molecule has 1 aromatic rings. The molecule has 2 N–H and O–H groups in total. The van der Waals surface area contributed by atoms with E-state index in [0.717, 1.165) is 11.3 Å². The number of rotatable bonds is 3. The summed E-state index contributed by atoms with van der Waals surface area (Å²) in [5, 5.41) is 11.7. The third kappa shape index (κ3) is 3.65. The Balaban J connectivity index is 2.08. The second kappa shape index (κ2) is 6.47. The monoisotopic (exact) mass is 292 g/mol. The van der Waals surface area contributed by atoms with Crippen LogP contribution in [0.4, 0.5) is 4.79 Å². The number of fused-ring (bicyclic) bond motifs is 1. The highest BCUT2D eigenvalue weighted by Gasteiger charge is 2.27. The molecule has 0 aromatic heterocycles. The van der Waals surface area contributed by atoms with Gasteiger partial charge in [-0.15, -0.1) is 0 Å². The van der Waals surface area contributed by atoms with Crippen LogP contribution in [0.15, 0.2) is 24.3 Å². The molecule has 1 aliphatic rings. The molecule has 21 heavy (non-hydrogen) atoms. The van der Waals surface area contributed by atoms with E-state index in [-0.39, 0.29) is 11.9 Å². The summed E-state index contributed by atoms with van der Waals surface area (Å²) >= 11 is 0. The fraction of sp³-hybridized carbons (Fsp3) is 0.467. The van der Waals surface area contributed by atoms with Gasteiger partial charge >= 0.3 is 12.0 Å². The molecule has 0 bridgehead atoms. The van der Waals surface area contributed by atoms with Gasteiger partial charge in [0.15, 0.2) is 0 Å². The largest absolute Gasteiger partial charge is 0.491 e. The van der Waals surface area contributed by atoms with E-state index in [9.17, 15) is 9.59 Å². The Labute approximate surface area is 123 Å². The Hall–Kier alpha value is -2.24. The summed E-state index contributed by atoms with van der Waals surface area (Å²) in [5.41, 5.74) is 0.918. The Morgan fingerprint density at radius 1 is 1.33 bits per heavy atom. The van der Waals surface area contributed by atoms with Crippen molar-refractivity contribution in [1.82, 2.24) is 10.2 Å². The molecule has 1 unspecified atom stereocenters. The minimum atomic E-state index is -1.02. The maximum atomic E-state index is 12.3. The molecule has 1 aliphatic heterocycles. The van der Waals surface area contributed by atoms with Crippen LogP contribution in [0.1, 0.15) is 19.4 Å². The molecule has 114 valence electrons. The number of benzene rings is 1. The van der Waals surface area contributed by atoms with Crippen LogP contribution >= 0.6 is 0 Å². The molecule has 2 amide bonds. The van der Waals surface area contributed by atoms with Gasteiger partial charge in [-0.25, -0.2) is 9.59 Å². The van der Waals surface area contributed by atoms with Crippen LogP contribution in [-0.4, -0.2) is 41.2 Å². The summed E-state index contributed by atoms with van der Waals surface area (Å²) in [6, 6.07) is 6.27. The molecular formula is C15H20N2O4. The Morgan fingerprint density at radius 2 is 2.05 bits per heavy atom. The molecule has 0 fully saturated rings. The minimum absolute atomic E-state index is 0.179. The Bertz CT molecular complexity index is 530. The molecule has 6 nitrogen and oxygen atoms in total. The van der Waals surface area contributed by atoms with Crippen LogP contribution in [0.3, 0.4) is 0 Å². The maximum Gasteiger partial charge on any atom is 0.326 e. The first-order chi connectivity index (χ1) is 9.99. The fourth-order valence-electron chi connectivity index (χ4n) is 2.24. The van der Waals surface area contributed by atoms with Gasteiger partial charge in [-0.05, 0) is 12.0 Å². The van der Waals surface area contributed by atoms with Crippen LogP contribution < -0.4 is 10.1 Å². The van der Waals surface area contributed by atoms with Gasteiger partial charge in [-0.3, -0.25) is 0 Å². The lowest BCUT2D eigenvalue weighted by molar-refractivity contribution is -0.140. The number of nitrogens with zero attached hydrogens (tertiary/aromatic N) is 1. The molecule has 1 atom stereocenters. The Morgan fingerprint density at radius 3 is 2.71 bits per heavy atom. The van der Waals surface area contributed by atoms with Gasteiger partial charge in [0.2, 0.25) is 0 Å². The van der Waals surface area contributed by atoms with Crippen molar-refractivity contribution in [3.8, 4) is 5.75 Å². The van der Waals surface area contributed by atoms with Crippen LogP contribution in [0.2, 0.25) is 0 Å². The van der Waals surface area contributed by atoms with Crippen molar-refractivity contribution in [2.75, 3.05) is 13.2 Å². The maximum absolute atomic E-state index is 12.3. The minimum Gasteiger partial charge on any atom is -0.491 e. The highest BCUT2D eigenvalue weighted by Crippen LogP contribution is 2.22. The molecule has 0 aliphatic carbocycles. The summed E-state index contributed by atoms with van der Waals surface area (Å²) in [6.45, 7) is 4.75. The first kappa shape index (κ1) is 15.2. The van der Waals surface area contributed by atoms with Crippen molar-refractivity contribution in [2.45, 2.75) is 26.4 Å². The van der Waals surface area contributed by atoms with Crippen LogP contribution in [-0.2, 0) is 11.3 Å². The standard InChI is InChI=1S/C15H20N2O4/c1-10(2)13(14(18)19)16-15(20)17-7-8-21-12-6-4-3-5-11(12)9-17/h3-6,10,13H,7-9H2,1-2H3,(H,16,20)(H,18,19). The topological polar surface area (TPSA) is 78.9 Å². The lowest BCUT2D eigenvalue weighted by atomic mass is 10.1. The van der Waals surface area contributed by atoms with E-state index in [1.165, 1.54) is 0 Å². The van der Waals surface area contributed by atoms with E-state index < -0.39 is 12.0 Å². The fourth-order valence-corrected chi connectivity index (χ4v) is 2.24. The number of ether oxygens (including phenoxy) is 1. The van der Waals surface area contributed by atoms with Crippen LogP contribution in [0.5, 0.6) is 5.75 Å². The molecule has 0 saturated carbocycles. The number of para-hydroxylation sites is 1. The molecule has 1 heterocycles. The third-order valence-corrected chi connectivity index (χ3v) is 3.45. The van der Waals surface area contributed by atoms with E-state index in [2.05, 4.69) is 5.32 Å².